The lowest BCUT2D eigenvalue weighted by Gasteiger charge is -1.96. The van der Waals surface area contributed by atoms with Gasteiger partial charge in [0.05, 0.1) is 30.8 Å². The van der Waals surface area contributed by atoms with Gasteiger partial charge in [-0.15, -0.1) is 0 Å². The number of benzene rings is 1. The van der Waals surface area contributed by atoms with Crippen molar-refractivity contribution in [1.82, 2.24) is 23.4 Å². The standard InChI is InChI=1S/C21H21N5OS/c1-4-26-20(27)17(28-21(26)23-18-11-7-8-14-24(18)2)12-13-19-22-15-9-5-6-10-16(15)25(19)3/h5-14H,4H2,1-3H3/p+1. The first-order chi connectivity index (χ1) is 13.6. The highest BCUT2D eigenvalue weighted by molar-refractivity contribution is 7.10. The van der Waals surface area contributed by atoms with E-state index in [4.69, 9.17) is 4.67 Å². The Balaban J connectivity index is 1.85. The van der Waals surface area contributed by atoms with E-state index in [9.17, 15) is 5.11 Å². The van der Waals surface area contributed by atoms with Gasteiger partial charge in [0.15, 0.2) is 0 Å². The molecule has 0 spiro atoms. The smallest absolute Gasteiger partial charge is 0.378 e. The van der Waals surface area contributed by atoms with E-state index < -0.39 is 0 Å². The molecule has 3 aromatic heterocycles. The first kappa shape index (κ1) is 18.1. The molecule has 4 rings (SSSR count). The molecule has 0 unspecified atom stereocenters. The van der Waals surface area contributed by atoms with Crippen LogP contribution in [0.3, 0.4) is 0 Å². The van der Waals surface area contributed by atoms with Crippen LogP contribution in [0.15, 0.2) is 48.7 Å². The Morgan fingerprint density at radius 3 is 2.64 bits per heavy atom. The molecule has 0 saturated carbocycles. The summed E-state index contributed by atoms with van der Waals surface area (Å²) in [6.07, 6.45) is 5.78. The summed E-state index contributed by atoms with van der Waals surface area (Å²) in [7, 11) is 3.95. The number of para-hydroxylation sites is 2. The molecule has 0 aliphatic rings. The van der Waals surface area contributed by atoms with E-state index in [0.29, 0.717) is 6.54 Å². The fourth-order valence-electron chi connectivity index (χ4n) is 3.09. The van der Waals surface area contributed by atoms with Crippen LogP contribution < -0.4 is 15.0 Å². The molecule has 4 aromatic rings. The zero-order chi connectivity index (χ0) is 19.7. The minimum absolute atomic E-state index is 0.222. The highest BCUT2D eigenvalue weighted by atomic mass is 32.1. The molecule has 0 amide bonds. The number of pyridine rings is 1. The second-order valence-corrected chi connectivity index (χ2v) is 7.46. The fraction of sp³-hybridized carbons (Fsp3) is 0.190. The third kappa shape index (κ3) is 3.22. The van der Waals surface area contributed by atoms with Crippen molar-refractivity contribution in [2.24, 2.45) is 14.1 Å². The van der Waals surface area contributed by atoms with Crippen molar-refractivity contribution in [3.8, 4) is 5.88 Å². The molecule has 0 fully saturated rings. The minimum Gasteiger partial charge on any atom is -0.482 e. The molecule has 1 N–H and O–H groups in total. The van der Waals surface area contributed by atoms with E-state index in [1.807, 2.05) is 95.5 Å². The van der Waals surface area contributed by atoms with Gasteiger partial charge in [-0.05, 0) is 48.6 Å². The highest BCUT2D eigenvalue weighted by Crippen LogP contribution is 2.23. The van der Waals surface area contributed by atoms with E-state index in [1.165, 1.54) is 11.3 Å². The lowest BCUT2D eigenvalue weighted by Crippen LogP contribution is -2.26. The maximum atomic E-state index is 10.7. The zero-order valence-corrected chi connectivity index (χ0v) is 16.9. The van der Waals surface area contributed by atoms with Crippen molar-refractivity contribution in [2.45, 2.75) is 13.5 Å². The van der Waals surface area contributed by atoms with Crippen molar-refractivity contribution < 1.29 is 5.11 Å². The monoisotopic (exact) mass is 392 g/mol. The quantitative estimate of drug-likeness (QED) is 0.544. The topological polar surface area (TPSA) is 62.0 Å². The van der Waals surface area contributed by atoms with Crippen molar-refractivity contribution in [1.29, 1.82) is 0 Å². The number of rotatable bonds is 3. The van der Waals surface area contributed by atoms with Crippen molar-refractivity contribution >= 4 is 34.5 Å². The maximum Gasteiger partial charge on any atom is 0.378 e. The molecule has 1 aromatic carbocycles. The summed E-state index contributed by atoms with van der Waals surface area (Å²) in [6, 6.07) is 13.9. The Labute approximate surface area is 166 Å². The summed E-state index contributed by atoms with van der Waals surface area (Å²) in [4.78, 5) is 6.16. The van der Waals surface area contributed by atoms with E-state index in [0.717, 1.165) is 32.0 Å². The number of hydrogen-bond donors (Lipinski definition) is 1. The third-order valence-corrected chi connectivity index (χ3v) is 5.70. The second kappa shape index (κ2) is 7.38. The minimum atomic E-state index is 0.222. The third-order valence-electron chi connectivity index (χ3n) is 4.67. The van der Waals surface area contributed by atoms with Gasteiger partial charge in [-0.3, -0.25) is 4.57 Å². The van der Waals surface area contributed by atoms with Crippen LogP contribution in [0.25, 0.3) is 23.2 Å². The van der Waals surface area contributed by atoms with Crippen molar-refractivity contribution in [2.75, 3.05) is 0 Å². The summed E-state index contributed by atoms with van der Waals surface area (Å²) in [5.41, 5.74) is 2.86. The molecule has 6 nitrogen and oxygen atoms in total. The van der Waals surface area contributed by atoms with Crippen LogP contribution in [0.5, 0.6) is 5.88 Å². The zero-order valence-electron chi connectivity index (χ0n) is 16.1. The lowest BCUT2D eigenvalue weighted by atomic mass is 10.3. The van der Waals surface area contributed by atoms with Crippen LogP contribution in [0, 0.1) is 0 Å². The van der Waals surface area contributed by atoms with Crippen LogP contribution in [0.4, 0.5) is 0 Å². The van der Waals surface area contributed by atoms with Crippen molar-refractivity contribution in [3.63, 3.8) is 0 Å². The number of aromatic hydroxyl groups is 1. The molecular formula is C21H22N5OS+. The Hall–Kier alpha value is -3.28. The van der Waals surface area contributed by atoms with Crippen molar-refractivity contribution in [3.05, 3.63) is 69.7 Å². The maximum absolute atomic E-state index is 10.7. The summed E-state index contributed by atoms with van der Waals surface area (Å²) >= 11 is 1.46. The summed E-state index contributed by atoms with van der Waals surface area (Å²) in [5.74, 6) is 1.06. The molecule has 0 radical (unpaired) electrons. The first-order valence-electron chi connectivity index (χ1n) is 9.10. The molecular weight excluding hydrogens is 370 g/mol. The van der Waals surface area contributed by atoms with Gasteiger partial charge in [-0.1, -0.05) is 18.2 Å². The highest BCUT2D eigenvalue weighted by Gasteiger charge is 2.15. The predicted octanol–water partition coefficient (Wildman–Crippen LogP) is 2.24. The molecule has 0 atom stereocenters. The number of imidazole rings is 1. The number of fused-ring (bicyclic) bond motifs is 1. The number of aromatic nitrogens is 4. The molecule has 28 heavy (non-hydrogen) atoms. The average Bonchev–Trinajstić information content (AvgIpc) is 3.18. The SMILES string of the molecule is CCn1c(O)c(C=Cc2nc3ccccc3n2C)sc1=[N+]=c1ccccn1C. The Morgan fingerprint density at radius 2 is 1.89 bits per heavy atom. The summed E-state index contributed by atoms with van der Waals surface area (Å²) < 4.78 is 10.5. The van der Waals surface area contributed by atoms with Gasteiger partial charge in [0.2, 0.25) is 0 Å². The van der Waals surface area contributed by atoms with E-state index >= 15 is 0 Å². The van der Waals surface area contributed by atoms with Gasteiger partial charge in [0.1, 0.15) is 10.7 Å². The molecule has 142 valence electrons. The Kier molecular flexibility index (Phi) is 4.77. The van der Waals surface area contributed by atoms with Crippen LogP contribution in [0.1, 0.15) is 17.6 Å². The molecule has 7 heteroatoms. The van der Waals surface area contributed by atoms with E-state index in [1.54, 1.807) is 0 Å². The van der Waals surface area contributed by atoms with E-state index in [2.05, 4.69) is 4.98 Å². The van der Waals surface area contributed by atoms with Crippen LogP contribution in [0.2, 0.25) is 0 Å². The number of nitrogens with zero attached hydrogens (tertiary/aromatic N) is 5. The second-order valence-electron chi connectivity index (χ2n) is 6.45. The van der Waals surface area contributed by atoms with Gasteiger partial charge in [0.25, 0.3) is 5.88 Å². The normalized spacial score (nSPS) is 11.4. The van der Waals surface area contributed by atoms with Gasteiger partial charge in [-0.2, -0.15) is 0 Å². The lowest BCUT2D eigenvalue weighted by molar-refractivity contribution is 0.415. The molecule has 0 bridgehead atoms. The van der Waals surface area contributed by atoms with Gasteiger partial charge >= 0.3 is 10.3 Å². The number of aryl methyl sites for hydroxylation is 2. The predicted molar refractivity (Wildman–Crippen MR) is 113 cm³/mol. The molecule has 0 saturated heterocycles. The summed E-state index contributed by atoms with van der Waals surface area (Å²) in [5, 5.41) is 10.7. The molecule has 0 aliphatic carbocycles. The van der Waals surface area contributed by atoms with Crippen LogP contribution in [-0.4, -0.2) is 23.8 Å². The van der Waals surface area contributed by atoms with Crippen LogP contribution >= 0.6 is 11.3 Å². The number of thiazole rings is 1. The Bertz CT molecular complexity index is 1330. The number of hydrogen-bond acceptors (Lipinski definition) is 3. The Morgan fingerprint density at radius 1 is 1.11 bits per heavy atom. The van der Waals surface area contributed by atoms with Gasteiger partial charge in [0, 0.05) is 13.1 Å². The fourth-order valence-corrected chi connectivity index (χ4v) is 4.09. The van der Waals surface area contributed by atoms with E-state index in [-0.39, 0.29) is 5.88 Å². The van der Waals surface area contributed by atoms with Crippen LogP contribution in [-0.2, 0) is 20.6 Å². The molecule has 3 heterocycles. The average molecular weight is 393 g/mol. The van der Waals surface area contributed by atoms with Gasteiger partial charge < -0.3 is 9.67 Å². The first-order valence-corrected chi connectivity index (χ1v) is 9.91. The summed E-state index contributed by atoms with van der Waals surface area (Å²) in [6.45, 7) is 2.63. The largest absolute Gasteiger partial charge is 0.482 e. The molecule has 0 aliphatic heterocycles. The van der Waals surface area contributed by atoms with Gasteiger partial charge in [-0.25, -0.2) is 14.2 Å².